The number of nitrogens with one attached hydrogen (secondary N) is 2. The fraction of sp³-hybridized carbons (Fsp3) is 0. The lowest BCUT2D eigenvalue weighted by Crippen LogP contribution is -2.04. The SMILES string of the molecule is c1cc(Pc2c[nH]nn2)n[nH]1. The highest BCUT2D eigenvalue weighted by Gasteiger charge is 1.98. The molecule has 5 nitrogen and oxygen atoms in total. The Labute approximate surface area is 64.4 Å². The topological polar surface area (TPSA) is 70.2 Å². The molecule has 0 aliphatic carbocycles. The lowest BCUT2D eigenvalue weighted by atomic mass is 10.8. The molecular weight excluding hydrogens is 161 g/mol. The van der Waals surface area contributed by atoms with Crippen LogP contribution in [0.1, 0.15) is 0 Å². The average Bonchev–Trinajstić information content (AvgIpc) is 2.60. The highest BCUT2D eigenvalue weighted by atomic mass is 31.1. The lowest BCUT2D eigenvalue weighted by Gasteiger charge is -1.86. The molecule has 11 heavy (non-hydrogen) atoms. The van der Waals surface area contributed by atoms with Gasteiger partial charge in [-0.25, -0.2) is 0 Å². The van der Waals surface area contributed by atoms with Crippen LogP contribution in [0.3, 0.4) is 0 Å². The van der Waals surface area contributed by atoms with E-state index in [1.165, 1.54) is 0 Å². The second-order valence-electron chi connectivity index (χ2n) is 1.94. The summed E-state index contributed by atoms with van der Waals surface area (Å²) in [6, 6.07) is 1.92. The van der Waals surface area contributed by atoms with Crippen LogP contribution in [0.25, 0.3) is 0 Å². The van der Waals surface area contributed by atoms with Gasteiger partial charge in [-0.1, -0.05) is 5.21 Å². The molecule has 0 aromatic carbocycles. The Kier molecular flexibility index (Phi) is 1.65. The standard InChI is InChI=1S/C5H6N5P/c1-2-6-8-4(1)11-5-3-7-10-9-5/h1-3,11H,(H,6,8)(H,7,9,10). The predicted octanol–water partition coefficient (Wildman–Crippen LogP) is -0.843. The third-order valence-electron chi connectivity index (χ3n) is 1.17. The van der Waals surface area contributed by atoms with Gasteiger partial charge in [-0.05, 0) is 14.6 Å². The minimum Gasteiger partial charge on any atom is -0.285 e. The summed E-state index contributed by atoms with van der Waals surface area (Å²) in [4.78, 5) is 0. The minimum absolute atomic E-state index is 0.478. The van der Waals surface area contributed by atoms with Gasteiger partial charge in [0, 0.05) is 12.4 Å². The lowest BCUT2D eigenvalue weighted by molar-refractivity contribution is 0.946. The normalized spacial score (nSPS) is 11.3. The van der Waals surface area contributed by atoms with Crippen LogP contribution in [-0.2, 0) is 0 Å². The fourth-order valence-electron chi connectivity index (χ4n) is 0.724. The molecule has 0 spiro atoms. The average molecular weight is 167 g/mol. The zero-order chi connectivity index (χ0) is 7.52. The van der Waals surface area contributed by atoms with Crippen LogP contribution in [0.15, 0.2) is 18.5 Å². The van der Waals surface area contributed by atoms with Gasteiger partial charge in [-0.2, -0.15) is 5.10 Å². The molecule has 56 valence electrons. The molecule has 0 radical (unpaired) electrons. The summed E-state index contributed by atoms with van der Waals surface area (Å²) in [6.45, 7) is 0. The Bertz CT molecular complexity index is 267. The van der Waals surface area contributed by atoms with Crippen molar-refractivity contribution in [2.75, 3.05) is 0 Å². The van der Waals surface area contributed by atoms with E-state index >= 15 is 0 Å². The largest absolute Gasteiger partial charge is 0.285 e. The molecule has 2 rings (SSSR count). The van der Waals surface area contributed by atoms with Crippen molar-refractivity contribution in [3.63, 3.8) is 0 Å². The van der Waals surface area contributed by atoms with Gasteiger partial charge in [0.05, 0.1) is 5.44 Å². The Balaban J connectivity index is 2.14. The number of hydrogen-bond acceptors (Lipinski definition) is 3. The highest BCUT2D eigenvalue weighted by Crippen LogP contribution is 2.03. The number of H-pyrrole nitrogens is 2. The Morgan fingerprint density at radius 1 is 1.27 bits per heavy atom. The van der Waals surface area contributed by atoms with Gasteiger partial charge in [0.1, 0.15) is 5.44 Å². The first-order valence-corrected chi connectivity index (χ1v) is 4.08. The monoisotopic (exact) mass is 167 g/mol. The van der Waals surface area contributed by atoms with Crippen molar-refractivity contribution in [1.29, 1.82) is 0 Å². The molecule has 0 saturated heterocycles. The van der Waals surface area contributed by atoms with Gasteiger partial charge < -0.3 is 0 Å². The molecule has 0 aliphatic rings. The quantitative estimate of drug-likeness (QED) is 0.573. The van der Waals surface area contributed by atoms with E-state index in [0.717, 1.165) is 10.9 Å². The van der Waals surface area contributed by atoms with Crippen LogP contribution in [-0.4, -0.2) is 25.6 Å². The molecule has 2 aromatic heterocycles. The number of aromatic amines is 2. The van der Waals surface area contributed by atoms with E-state index in [4.69, 9.17) is 0 Å². The Morgan fingerprint density at radius 3 is 2.91 bits per heavy atom. The van der Waals surface area contributed by atoms with E-state index in [0.29, 0.717) is 8.58 Å². The Hall–Kier alpha value is -1.22. The van der Waals surface area contributed by atoms with Gasteiger partial charge in [0.2, 0.25) is 0 Å². The van der Waals surface area contributed by atoms with Crippen LogP contribution in [0.4, 0.5) is 0 Å². The first-order valence-electron chi connectivity index (χ1n) is 3.08. The molecule has 0 bridgehead atoms. The van der Waals surface area contributed by atoms with E-state index in [2.05, 4.69) is 25.6 Å². The van der Waals surface area contributed by atoms with E-state index in [9.17, 15) is 0 Å². The van der Waals surface area contributed by atoms with Gasteiger partial charge in [-0.15, -0.1) is 5.10 Å². The summed E-state index contributed by atoms with van der Waals surface area (Å²) in [7, 11) is 0.478. The van der Waals surface area contributed by atoms with Crippen LogP contribution in [0, 0.1) is 0 Å². The summed E-state index contributed by atoms with van der Waals surface area (Å²) in [6.07, 6.45) is 3.57. The van der Waals surface area contributed by atoms with Crippen molar-refractivity contribution in [1.82, 2.24) is 25.6 Å². The number of aromatic nitrogens is 5. The fourth-order valence-corrected chi connectivity index (χ4v) is 1.51. The molecule has 0 saturated carbocycles. The summed E-state index contributed by atoms with van der Waals surface area (Å²) in [5, 5.41) is 16.8. The van der Waals surface area contributed by atoms with Crippen molar-refractivity contribution < 1.29 is 0 Å². The Morgan fingerprint density at radius 2 is 2.27 bits per heavy atom. The van der Waals surface area contributed by atoms with Gasteiger partial charge in [0.25, 0.3) is 0 Å². The maximum Gasteiger partial charge on any atom is 0.108 e. The smallest absolute Gasteiger partial charge is 0.108 e. The molecule has 0 aliphatic heterocycles. The maximum absolute atomic E-state index is 4.00. The van der Waals surface area contributed by atoms with Crippen molar-refractivity contribution in [3.05, 3.63) is 18.5 Å². The van der Waals surface area contributed by atoms with E-state index in [-0.39, 0.29) is 0 Å². The second kappa shape index (κ2) is 2.80. The van der Waals surface area contributed by atoms with Crippen LogP contribution >= 0.6 is 8.58 Å². The zero-order valence-electron chi connectivity index (χ0n) is 5.57. The van der Waals surface area contributed by atoms with Crippen LogP contribution < -0.4 is 10.9 Å². The summed E-state index contributed by atoms with van der Waals surface area (Å²) >= 11 is 0. The van der Waals surface area contributed by atoms with Crippen LogP contribution in [0.2, 0.25) is 0 Å². The van der Waals surface area contributed by atoms with Gasteiger partial charge in [-0.3, -0.25) is 10.2 Å². The van der Waals surface area contributed by atoms with Crippen molar-refractivity contribution in [2.45, 2.75) is 0 Å². The molecule has 2 aromatic rings. The van der Waals surface area contributed by atoms with E-state index < -0.39 is 0 Å². The molecule has 2 N–H and O–H groups in total. The van der Waals surface area contributed by atoms with E-state index in [1.807, 2.05) is 6.07 Å². The van der Waals surface area contributed by atoms with Crippen molar-refractivity contribution in [3.8, 4) is 0 Å². The molecular formula is C5H6N5P. The number of nitrogens with zero attached hydrogens (tertiary/aromatic N) is 3. The van der Waals surface area contributed by atoms with Crippen molar-refractivity contribution in [2.24, 2.45) is 0 Å². The summed E-state index contributed by atoms with van der Waals surface area (Å²) in [5.74, 6) is 0. The number of hydrogen-bond donors (Lipinski definition) is 2. The van der Waals surface area contributed by atoms with Crippen molar-refractivity contribution >= 4 is 19.5 Å². The number of rotatable bonds is 2. The van der Waals surface area contributed by atoms with Crippen LogP contribution in [0.5, 0.6) is 0 Å². The first-order chi connectivity index (χ1) is 5.45. The minimum atomic E-state index is 0.478. The molecule has 6 heteroatoms. The molecule has 1 atom stereocenters. The molecule has 0 amide bonds. The first kappa shape index (κ1) is 6.49. The van der Waals surface area contributed by atoms with Gasteiger partial charge >= 0.3 is 0 Å². The molecule has 2 heterocycles. The third-order valence-corrected chi connectivity index (χ3v) is 2.21. The molecule has 1 unspecified atom stereocenters. The van der Waals surface area contributed by atoms with E-state index in [1.54, 1.807) is 12.4 Å². The summed E-state index contributed by atoms with van der Waals surface area (Å²) in [5.41, 5.74) is 1.93. The molecule has 0 fully saturated rings. The highest BCUT2D eigenvalue weighted by molar-refractivity contribution is 7.54. The summed E-state index contributed by atoms with van der Waals surface area (Å²) < 4.78 is 0. The predicted molar refractivity (Wildman–Crippen MR) is 42.6 cm³/mol. The second-order valence-corrected chi connectivity index (χ2v) is 3.22. The third kappa shape index (κ3) is 1.43. The van der Waals surface area contributed by atoms with Gasteiger partial charge in [0.15, 0.2) is 0 Å². The zero-order valence-corrected chi connectivity index (χ0v) is 6.57. The maximum atomic E-state index is 4.00.